The predicted octanol–water partition coefficient (Wildman–Crippen LogP) is 2.77. The van der Waals surface area contributed by atoms with Crippen LogP contribution in [0.1, 0.15) is 30.5 Å². The van der Waals surface area contributed by atoms with Gasteiger partial charge in [0.25, 0.3) is 0 Å². The van der Waals surface area contributed by atoms with Crippen LogP contribution in [0, 0.1) is 19.8 Å². The van der Waals surface area contributed by atoms with Crippen molar-refractivity contribution < 1.29 is 9.78 Å². The lowest BCUT2D eigenvalue weighted by molar-refractivity contribution is -0.203. The van der Waals surface area contributed by atoms with Gasteiger partial charge >= 0.3 is 0 Å². The summed E-state index contributed by atoms with van der Waals surface area (Å²) < 4.78 is 0. The highest BCUT2D eigenvalue weighted by atomic mass is 17.2. The maximum Gasteiger partial charge on any atom is 0.171 e. The number of hydrogen-bond acceptors (Lipinski definition) is 3. The molecule has 1 rings (SSSR count). The van der Waals surface area contributed by atoms with Gasteiger partial charge in [-0.15, -0.1) is 0 Å². The van der Waals surface area contributed by atoms with Crippen molar-refractivity contribution in [2.45, 2.75) is 34.1 Å². The van der Waals surface area contributed by atoms with E-state index in [1.165, 1.54) is 11.1 Å². The molecule has 3 nitrogen and oxygen atoms in total. The summed E-state index contributed by atoms with van der Waals surface area (Å²) in [6, 6.07) is 4.22. The Morgan fingerprint density at radius 1 is 1.29 bits per heavy atom. The zero-order valence-corrected chi connectivity index (χ0v) is 11.2. The molecule has 0 fully saturated rings. The van der Waals surface area contributed by atoms with E-state index in [-0.39, 0.29) is 0 Å². The van der Waals surface area contributed by atoms with Gasteiger partial charge in [-0.2, -0.15) is 4.89 Å². The molecule has 1 aromatic carbocycles. The second-order valence-electron chi connectivity index (χ2n) is 4.53. The third kappa shape index (κ3) is 3.72. The van der Waals surface area contributed by atoms with E-state index in [1.807, 2.05) is 6.92 Å². The van der Waals surface area contributed by atoms with E-state index in [0.29, 0.717) is 19.1 Å². The first-order valence-corrected chi connectivity index (χ1v) is 6.18. The van der Waals surface area contributed by atoms with Crippen molar-refractivity contribution in [2.24, 2.45) is 11.7 Å². The minimum atomic E-state index is 0.445. The average molecular weight is 237 g/mol. The molecule has 0 radical (unpaired) electrons. The maximum atomic E-state index is 5.67. The molecule has 0 saturated heterocycles. The Morgan fingerprint density at radius 3 is 2.59 bits per heavy atom. The lowest BCUT2D eigenvalue weighted by atomic mass is 9.96. The molecule has 0 heterocycles. The van der Waals surface area contributed by atoms with Gasteiger partial charge in [0.2, 0.25) is 0 Å². The molecule has 0 bridgehead atoms. The van der Waals surface area contributed by atoms with Crippen LogP contribution >= 0.6 is 0 Å². The predicted molar refractivity (Wildman–Crippen MR) is 70.1 cm³/mol. The van der Waals surface area contributed by atoms with Crippen molar-refractivity contribution in [2.75, 3.05) is 13.2 Å². The topological polar surface area (TPSA) is 44.5 Å². The van der Waals surface area contributed by atoms with Crippen LogP contribution in [-0.2, 0) is 11.3 Å². The van der Waals surface area contributed by atoms with Crippen molar-refractivity contribution in [3.8, 4) is 5.75 Å². The van der Waals surface area contributed by atoms with Crippen LogP contribution in [0.25, 0.3) is 0 Å². The largest absolute Gasteiger partial charge is 0.337 e. The first kappa shape index (κ1) is 14.0. The summed E-state index contributed by atoms with van der Waals surface area (Å²) in [6.45, 7) is 9.40. The Balaban J connectivity index is 2.97. The fourth-order valence-corrected chi connectivity index (χ4v) is 1.70. The monoisotopic (exact) mass is 237 g/mol. The van der Waals surface area contributed by atoms with Crippen LogP contribution in [0.3, 0.4) is 0 Å². The fraction of sp³-hybridized carbons (Fsp3) is 0.571. The van der Waals surface area contributed by atoms with Crippen LogP contribution in [0.4, 0.5) is 0 Å². The van der Waals surface area contributed by atoms with E-state index in [1.54, 1.807) is 0 Å². The Morgan fingerprint density at radius 2 is 2.00 bits per heavy atom. The molecule has 2 N–H and O–H groups in total. The first-order valence-electron chi connectivity index (χ1n) is 6.18. The van der Waals surface area contributed by atoms with Gasteiger partial charge in [-0.1, -0.05) is 19.1 Å². The molecule has 1 unspecified atom stereocenters. The molecule has 0 amide bonds. The molecule has 0 aliphatic rings. The van der Waals surface area contributed by atoms with Crippen LogP contribution in [-0.4, -0.2) is 13.2 Å². The number of hydrogen-bond donors (Lipinski definition) is 1. The zero-order valence-electron chi connectivity index (χ0n) is 11.2. The van der Waals surface area contributed by atoms with E-state index in [0.717, 1.165) is 17.7 Å². The highest BCUT2D eigenvalue weighted by Crippen LogP contribution is 2.28. The van der Waals surface area contributed by atoms with Gasteiger partial charge in [0, 0.05) is 0 Å². The number of aryl methyl sites for hydroxylation is 1. The molecular formula is C14H23NO2. The normalized spacial score (nSPS) is 12.5. The maximum absolute atomic E-state index is 5.67. The van der Waals surface area contributed by atoms with Gasteiger partial charge in [-0.3, -0.25) is 0 Å². The SMILES string of the molecule is CCOOc1c(CC(C)CN)ccc(C)c1C. The molecule has 17 heavy (non-hydrogen) atoms. The Hall–Kier alpha value is -1.06. The standard InChI is InChI=1S/C14H23NO2/c1-5-16-17-14-12(4)11(3)6-7-13(14)8-10(2)9-15/h6-7,10H,5,8-9,15H2,1-4H3. The molecule has 0 aliphatic heterocycles. The third-order valence-corrected chi connectivity index (χ3v) is 2.99. The third-order valence-electron chi connectivity index (χ3n) is 2.99. The summed E-state index contributed by atoms with van der Waals surface area (Å²) in [4.78, 5) is 10.5. The molecule has 0 aromatic heterocycles. The van der Waals surface area contributed by atoms with Gasteiger partial charge in [0.15, 0.2) is 5.75 Å². The zero-order chi connectivity index (χ0) is 12.8. The van der Waals surface area contributed by atoms with Gasteiger partial charge in [0.1, 0.15) is 0 Å². The highest BCUT2D eigenvalue weighted by Gasteiger charge is 2.13. The van der Waals surface area contributed by atoms with Crippen LogP contribution < -0.4 is 10.6 Å². The summed E-state index contributed by atoms with van der Waals surface area (Å²) in [5.41, 5.74) is 9.18. The van der Waals surface area contributed by atoms with E-state index in [4.69, 9.17) is 15.5 Å². The lowest BCUT2D eigenvalue weighted by Crippen LogP contribution is -2.14. The molecule has 1 aromatic rings. The molecular weight excluding hydrogens is 214 g/mol. The van der Waals surface area contributed by atoms with Crippen molar-refractivity contribution in [1.82, 2.24) is 0 Å². The van der Waals surface area contributed by atoms with Crippen LogP contribution in [0.2, 0.25) is 0 Å². The second kappa shape index (κ2) is 6.62. The first-order chi connectivity index (χ1) is 8.10. The summed E-state index contributed by atoms with van der Waals surface area (Å²) >= 11 is 0. The fourth-order valence-electron chi connectivity index (χ4n) is 1.70. The van der Waals surface area contributed by atoms with Gasteiger partial charge in [-0.05, 0) is 56.3 Å². The van der Waals surface area contributed by atoms with Crippen LogP contribution in [0.15, 0.2) is 12.1 Å². The summed E-state index contributed by atoms with van der Waals surface area (Å²) in [5, 5.41) is 0. The molecule has 96 valence electrons. The quantitative estimate of drug-likeness (QED) is 0.611. The summed E-state index contributed by atoms with van der Waals surface area (Å²) in [6.07, 6.45) is 0.917. The Kier molecular flexibility index (Phi) is 5.45. The summed E-state index contributed by atoms with van der Waals surface area (Å²) in [7, 11) is 0. The van der Waals surface area contributed by atoms with E-state index in [2.05, 4.69) is 32.9 Å². The minimum absolute atomic E-state index is 0.445. The lowest BCUT2D eigenvalue weighted by Gasteiger charge is -2.16. The molecule has 0 saturated carbocycles. The van der Waals surface area contributed by atoms with Crippen molar-refractivity contribution >= 4 is 0 Å². The van der Waals surface area contributed by atoms with Gasteiger partial charge in [0.05, 0.1) is 6.61 Å². The molecule has 0 spiro atoms. The number of nitrogens with two attached hydrogens (primary N) is 1. The minimum Gasteiger partial charge on any atom is -0.337 e. The van der Waals surface area contributed by atoms with Crippen LogP contribution in [0.5, 0.6) is 5.75 Å². The Bertz CT molecular complexity index is 363. The molecule has 3 heteroatoms. The van der Waals surface area contributed by atoms with E-state index >= 15 is 0 Å². The second-order valence-corrected chi connectivity index (χ2v) is 4.53. The van der Waals surface area contributed by atoms with Crippen molar-refractivity contribution in [1.29, 1.82) is 0 Å². The van der Waals surface area contributed by atoms with Gasteiger partial charge < -0.3 is 10.6 Å². The number of benzene rings is 1. The molecule has 0 aliphatic carbocycles. The summed E-state index contributed by atoms with van der Waals surface area (Å²) in [5.74, 6) is 1.30. The van der Waals surface area contributed by atoms with Gasteiger partial charge in [-0.25, -0.2) is 0 Å². The van der Waals surface area contributed by atoms with E-state index in [9.17, 15) is 0 Å². The Labute approximate surface area is 104 Å². The smallest absolute Gasteiger partial charge is 0.171 e. The van der Waals surface area contributed by atoms with Crippen molar-refractivity contribution in [3.63, 3.8) is 0 Å². The highest BCUT2D eigenvalue weighted by molar-refractivity contribution is 5.45. The van der Waals surface area contributed by atoms with Crippen molar-refractivity contribution in [3.05, 3.63) is 28.8 Å². The van der Waals surface area contributed by atoms with E-state index < -0.39 is 0 Å². The average Bonchev–Trinajstić information content (AvgIpc) is 2.33. The number of rotatable bonds is 6. The molecule has 1 atom stereocenters.